The summed E-state index contributed by atoms with van der Waals surface area (Å²) < 4.78 is 7.35. The molecular weight excluding hydrogens is 358 g/mol. The van der Waals surface area contributed by atoms with E-state index in [2.05, 4.69) is 28.9 Å². The van der Waals surface area contributed by atoms with Crippen LogP contribution < -0.4 is 0 Å². The molecule has 1 aromatic carbocycles. The molecule has 4 rings (SSSR count). The number of furan rings is 1. The molecule has 0 aliphatic heterocycles. The molecule has 3 aromatic rings. The Hall–Kier alpha value is -2.60. The zero-order valence-electron chi connectivity index (χ0n) is 15.3. The predicted octanol–water partition coefficient (Wildman–Crippen LogP) is 4.50. The van der Waals surface area contributed by atoms with Crippen LogP contribution in [0.2, 0.25) is 0 Å². The molecule has 0 saturated heterocycles. The molecule has 0 bridgehead atoms. The molecule has 0 saturated carbocycles. The average Bonchev–Trinajstić information content (AvgIpc) is 3.39. The van der Waals surface area contributed by atoms with Gasteiger partial charge in [0.15, 0.2) is 16.8 Å². The number of thioether (sulfide) groups is 1. The normalized spacial score (nSPS) is 12.9. The zero-order valence-corrected chi connectivity index (χ0v) is 16.1. The van der Waals surface area contributed by atoms with Gasteiger partial charge in [0.05, 0.1) is 17.6 Å². The molecule has 5 nitrogen and oxygen atoms in total. The van der Waals surface area contributed by atoms with Gasteiger partial charge in [-0.1, -0.05) is 30.0 Å². The molecule has 0 N–H and O–H groups in total. The second-order valence-electron chi connectivity index (χ2n) is 6.64. The number of fused-ring (bicyclic) bond motifs is 1. The van der Waals surface area contributed by atoms with Crippen molar-refractivity contribution in [2.45, 2.75) is 37.9 Å². The Morgan fingerprint density at radius 3 is 2.93 bits per heavy atom. The number of carbonyl (C=O) groups excluding carboxylic acids is 1. The van der Waals surface area contributed by atoms with Gasteiger partial charge in [0, 0.05) is 12.1 Å². The summed E-state index contributed by atoms with van der Waals surface area (Å²) in [6, 6.07) is 7.98. The van der Waals surface area contributed by atoms with Crippen LogP contribution in [0.15, 0.2) is 52.8 Å². The first kappa shape index (κ1) is 17.8. The lowest BCUT2D eigenvalue weighted by Crippen LogP contribution is -2.06. The second kappa shape index (κ2) is 7.56. The van der Waals surface area contributed by atoms with Crippen LogP contribution in [0.1, 0.15) is 33.7 Å². The Morgan fingerprint density at radius 2 is 2.15 bits per heavy atom. The number of carbonyl (C=O) groups is 1. The zero-order chi connectivity index (χ0) is 18.8. The first-order chi connectivity index (χ1) is 13.2. The summed E-state index contributed by atoms with van der Waals surface area (Å²) in [6.45, 7) is 6.29. The van der Waals surface area contributed by atoms with E-state index in [9.17, 15) is 4.79 Å². The van der Waals surface area contributed by atoms with Gasteiger partial charge in [-0.25, -0.2) is 0 Å². The van der Waals surface area contributed by atoms with Crippen molar-refractivity contribution in [3.8, 4) is 11.4 Å². The lowest BCUT2D eigenvalue weighted by Gasteiger charge is -2.07. The number of aryl methyl sites for hydroxylation is 3. The maximum atomic E-state index is 12.7. The van der Waals surface area contributed by atoms with Crippen molar-refractivity contribution < 1.29 is 9.21 Å². The van der Waals surface area contributed by atoms with E-state index in [0.29, 0.717) is 17.5 Å². The Labute approximate surface area is 162 Å². The Bertz CT molecular complexity index is 1000. The molecule has 27 heavy (non-hydrogen) atoms. The summed E-state index contributed by atoms with van der Waals surface area (Å²) in [5.41, 5.74) is 4.38. The lowest BCUT2D eigenvalue weighted by atomic mass is 10.0. The SMILES string of the molecule is C=CCn1c(SCC(=O)c2ccc3c(c2)CCC3)nnc1-c1ccoc1C. The Balaban J connectivity index is 1.52. The minimum Gasteiger partial charge on any atom is -0.469 e. The van der Waals surface area contributed by atoms with Gasteiger partial charge in [-0.05, 0) is 49.4 Å². The van der Waals surface area contributed by atoms with Crippen LogP contribution in [0.4, 0.5) is 0 Å². The summed E-state index contributed by atoms with van der Waals surface area (Å²) in [5.74, 6) is 1.97. The van der Waals surface area contributed by atoms with Crippen molar-refractivity contribution in [3.63, 3.8) is 0 Å². The van der Waals surface area contributed by atoms with Crippen molar-refractivity contribution in [3.05, 3.63) is 65.6 Å². The van der Waals surface area contributed by atoms with E-state index in [4.69, 9.17) is 4.42 Å². The summed E-state index contributed by atoms with van der Waals surface area (Å²) in [6.07, 6.45) is 6.82. The molecule has 0 radical (unpaired) electrons. The molecular formula is C21H21N3O2S. The fraction of sp³-hybridized carbons (Fsp3) is 0.286. The number of benzene rings is 1. The van der Waals surface area contributed by atoms with E-state index >= 15 is 0 Å². The van der Waals surface area contributed by atoms with Crippen molar-refractivity contribution in [2.75, 3.05) is 5.75 Å². The van der Waals surface area contributed by atoms with Crippen molar-refractivity contribution >= 4 is 17.5 Å². The number of aromatic nitrogens is 3. The fourth-order valence-electron chi connectivity index (χ4n) is 3.46. The molecule has 2 heterocycles. The monoisotopic (exact) mass is 379 g/mol. The van der Waals surface area contributed by atoms with E-state index in [1.54, 1.807) is 12.3 Å². The van der Waals surface area contributed by atoms with Gasteiger partial charge in [0.2, 0.25) is 0 Å². The summed E-state index contributed by atoms with van der Waals surface area (Å²) in [4.78, 5) is 12.7. The van der Waals surface area contributed by atoms with Gasteiger partial charge >= 0.3 is 0 Å². The highest BCUT2D eigenvalue weighted by molar-refractivity contribution is 7.99. The largest absolute Gasteiger partial charge is 0.469 e. The highest BCUT2D eigenvalue weighted by Crippen LogP contribution is 2.28. The van der Waals surface area contributed by atoms with Gasteiger partial charge < -0.3 is 4.42 Å². The molecule has 1 aliphatic rings. The van der Waals surface area contributed by atoms with Crippen LogP contribution in [0, 0.1) is 6.92 Å². The minimum atomic E-state index is 0.115. The number of nitrogens with zero attached hydrogens (tertiary/aromatic N) is 3. The van der Waals surface area contributed by atoms with Crippen molar-refractivity contribution in [1.82, 2.24) is 14.8 Å². The molecule has 6 heteroatoms. The van der Waals surface area contributed by atoms with E-state index in [-0.39, 0.29) is 5.78 Å². The maximum Gasteiger partial charge on any atom is 0.192 e. The van der Waals surface area contributed by atoms with Crippen LogP contribution in [-0.4, -0.2) is 26.3 Å². The summed E-state index contributed by atoms with van der Waals surface area (Å²) >= 11 is 1.41. The van der Waals surface area contributed by atoms with Crippen LogP contribution in [0.5, 0.6) is 0 Å². The summed E-state index contributed by atoms with van der Waals surface area (Å²) in [7, 11) is 0. The minimum absolute atomic E-state index is 0.115. The number of allylic oxidation sites excluding steroid dienone is 1. The third-order valence-corrected chi connectivity index (χ3v) is 5.85. The van der Waals surface area contributed by atoms with E-state index in [1.165, 1.54) is 29.3 Å². The second-order valence-corrected chi connectivity index (χ2v) is 7.59. The number of hydrogen-bond donors (Lipinski definition) is 0. The molecule has 0 fully saturated rings. The van der Waals surface area contributed by atoms with Gasteiger partial charge in [0.25, 0.3) is 0 Å². The first-order valence-corrected chi connectivity index (χ1v) is 10.0. The fourth-order valence-corrected chi connectivity index (χ4v) is 4.31. The van der Waals surface area contributed by atoms with Gasteiger partial charge in [-0.15, -0.1) is 16.8 Å². The van der Waals surface area contributed by atoms with Crippen molar-refractivity contribution in [2.24, 2.45) is 0 Å². The topological polar surface area (TPSA) is 60.9 Å². The molecule has 0 atom stereocenters. The van der Waals surface area contributed by atoms with Gasteiger partial charge in [-0.2, -0.15) is 0 Å². The highest BCUT2D eigenvalue weighted by Gasteiger charge is 2.19. The standard InChI is InChI=1S/C21H21N3O2S/c1-3-10-24-20(18-9-11-26-14(18)2)22-23-21(24)27-13-19(25)17-8-7-15-5-4-6-16(15)12-17/h3,7-9,11-12H,1,4-6,10,13H2,2H3. The molecule has 138 valence electrons. The third-order valence-electron chi connectivity index (χ3n) is 4.88. The third kappa shape index (κ3) is 3.49. The molecule has 1 aliphatic carbocycles. The van der Waals surface area contributed by atoms with E-state index in [0.717, 1.165) is 35.6 Å². The van der Waals surface area contributed by atoms with Gasteiger partial charge in [-0.3, -0.25) is 9.36 Å². The van der Waals surface area contributed by atoms with Crippen LogP contribution in [0.25, 0.3) is 11.4 Å². The van der Waals surface area contributed by atoms with E-state index in [1.807, 2.05) is 23.6 Å². The van der Waals surface area contributed by atoms with Crippen LogP contribution >= 0.6 is 11.8 Å². The number of ketones is 1. The maximum absolute atomic E-state index is 12.7. The van der Waals surface area contributed by atoms with Crippen LogP contribution in [-0.2, 0) is 19.4 Å². The van der Waals surface area contributed by atoms with Gasteiger partial charge in [0.1, 0.15) is 5.76 Å². The predicted molar refractivity (Wildman–Crippen MR) is 106 cm³/mol. The Morgan fingerprint density at radius 1 is 1.30 bits per heavy atom. The van der Waals surface area contributed by atoms with Crippen molar-refractivity contribution in [1.29, 1.82) is 0 Å². The van der Waals surface area contributed by atoms with E-state index < -0.39 is 0 Å². The molecule has 0 unspecified atom stereocenters. The smallest absolute Gasteiger partial charge is 0.192 e. The highest BCUT2D eigenvalue weighted by atomic mass is 32.2. The molecule has 0 amide bonds. The quantitative estimate of drug-likeness (QED) is 0.344. The Kier molecular flexibility index (Phi) is 4.99. The lowest BCUT2D eigenvalue weighted by molar-refractivity contribution is 0.102. The van der Waals surface area contributed by atoms with Crippen LogP contribution in [0.3, 0.4) is 0 Å². The number of hydrogen-bond acceptors (Lipinski definition) is 5. The number of rotatable bonds is 7. The first-order valence-electron chi connectivity index (χ1n) is 9.03. The number of Topliss-reactive ketones (excluding diaryl/α,β-unsaturated/α-hetero) is 1. The molecule has 2 aromatic heterocycles. The summed E-state index contributed by atoms with van der Waals surface area (Å²) in [5, 5.41) is 9.31. The molecule has 0 spiro atoms. The average molecular weight is 379 g/mol.